The van der Waals surface area contributed by atoms with Crippen molar-refractivity contribution in [2.24, 2.45) is 5.41 Å². The maximum atomic E-state index is 13.4. The normalized spacial score (nSPS) is 25.6. The summed E-state index contributed by atoms with van der Waals surface area (Å²) in [4.78, 5) is 25.8. The number of hydrogen-bond donors (Lipinski definition) is 2. The Bertz CT molecular complexity index is 1070. The molecule has 0 amide bonds. The van der Waals surface area contributed by atoms with Crippen LogP contribution in [0.5, 0.6) is 0 Å². The number of aliphatic carboxylic acids is 1. The van der Waals surface area contributed by atoms with Crippen LogP contribution >= 0.6 is 0 Å². The van der Waals surface area contributed by atoms with Crippen molar-refractivity contribution in [3.8, 4) is 11.1 Å². The van der Waals surface area contributed by atoms with Crippen LogP contribution in [0.15, 0.2) is 72.8 Å². The first-order chi connectivity index (χ1) is 16.1. The average molecular weight is 446 g/mol. The van der Waals surface area contributed by atoms with Gasteiger partial charge in [0.25, 0.3) is 0 Å². The Morgan fingerprint density at radius 2 is 1.70 bits per heavy atom. The quantitative estimate of drug-likeness (QED) is 0.500. The lowest BCUT2D eigenvalue weighted by atomic mass is 9.79. The number of carbonyl (C=O) groups excluding carboxylic acids is 1. The van der Waals surface area contributed by atoms with Gasteiger partial charge in [-0.05, 0) is 41.6 Å². The van der Waals surface area contributed by atoms with Gasteiger partial charge in [-0.15, -0.1) is 0 Å². The zero-order valence-corrected chi connectivity index (χ0v) is 18.3. The standard InChI is InChI=1S/C27H27NO5/c29-25(30)27(14-6-5-13-24(27)32-16-18-8-7-15-28-18)26(31)33-17-23-21-11-3-1-9-19(21)20-10-2-4-12-22(20)23/h1-6,9-14,18,23-24,28H,7-8,15-17H2,(H,29,30). The third-order valence-corrected chi connectivity index (χ3v) is 6.88. The molecule has 0 spiro atoms. The largest absolute Gasteiger partial charge is 0.480 e. The Labute approximate surface area is 192 Å². The fourth-order valence-corrected chi connectivity index (χ4v) is 5.11. The predicted octanol–water partition coefficient (Wildman–Crippen LogP) is 3.68. The van der Waals surface area contributed by atoms with Crippen LogP contribution in [0, 0.1) is 5.41 Å². The molecule has 3 aliphatic rings. The van der Waals surface area contributed by atoms with Crippen LogP contribution in [-0.4, -0.2) is 48.9 Å². The van der Waals surface area contributed by atoms with Gasteiger partial charge < -0.3 is 19.9 Å². The van der Waals surface area contributed by atoms with E-state index in [9.17, 15) is 14.7 Å². The number of carbonyl (C=O) groups is 2. The Kier molecular flexibility index (Phi) is 5.87. The minimum Gasteiger partial charge on any atom is -0.480 e. The Morgan fingerprint density at radius 3 is 2.33 bits per heavy atom. The molecule has 0 aromatic heterocycles. The third kappa shape index (κ3) is 3.79. The average Bonchev–Trinajstić information content (AvgIpc) is 3.47. The number of benzene rings is 2. The zero-order chi connectivity index (χ0) is 22.8. The molecule has 1 heterocycles. The van der Waals surface area contributed by atoms with E-state index >= 15 is 0 Å². The summed E-state index contributed by atoms with van der Waals surface area (Å²) >= 11 is 0. The van der Waals surface area contributed by atoms with E-state index < -0.39 is 23.5 Å². The topological polar surface area (TPSA) is 84.9 Å². The van der Waals surface area contributed by atoms with Crippen LogP contribution in [0.25, 0.3) is 11.1 Å². The summed E-state index contributed by atoms with van der Waals surface area (Å²) in [5.41, 5.74) is 2.48. The van der Waals surface area contributed by atoms with Crippen molar-refractivity contribution in [2.75, 3.05) is 19.8 Å². The highest BCUT2D eigenvalue weighted by molar-refractivity contribution is 6.03. The van der Waals surface area contributed by atoms with Crippen molar-refractivity contribution in [1.29, 1.82) is 0 Å². The summed E-state index contributed by atoms with van der Waals surface area (Å²) < 4.78 is 11.7. The van der Waals surface area contributed by atoms with Crippen molar-refractivity contribution >= 4 is 11.9 Å². The van der Waals surface area contributed by atoms with E-state index in [2.05, 4.69) is 17.4 Å². The second-order valence-electron chi connectivity index (χ2n) is 8.79. The molecule has 2 aromatic rings. The molecule has 3 unspecified atom stereocenters. The minimum atomic E-state index is -1.91. The van der Waals surface area contributed by atoms with E-state index in [1.807, 2.05) is 36.4 Å². The lowest BCUT2D eigenvalue weighted by Crippen LogP contribution is -2.50. The SMILES string of the molecule is O=C(O)C1(C(=O)OCC2c3ccccc3-c3ccccc32)C=CC=CC1OCC1CCCN1. The summed E-state index contributed by atoms with van der Waals surface area (Å²) in [6.07, 6.45) is 7.40. The summed E-state index contributed by atoms with van der Waals surface area (Å²) in [6, 6.07) is 16.3. The highest BCUT2D eigenvalue weighted by atomic mass is 16.5. The highest BCUT2D eigenvalue weighted by Crippen LogP contribution is 2.45. The summed E-state index contributed by atoms with van der Waals surface area (Å²) in [7, 11) is 0. The van der Waals surface area contributed by atoms with Gasteiger partial charge in [0.1, 0.15) is 12.7 Å². The van der Waals surface area contributed by atoms with Crippen LogP contribution in [0.4, 0.5) is 0 Å². The Hall–Kier alpha value is -3.22. The number of carboxylic acid groups (broad SMARTS) is 1. The van der Waals surface area contributed by atoms with Gasteiger partial charge in [0.15, 0.2) is 0 Å². The maximum Gasteiger partial charge on any atom is 0.330 e. The predicted molar refractivity (Wildman–Crippen MR) is 124 cm³/mol. The molecular weight excluding hydrogens is 418 g/mol. The van der Waals surface area contributed by atoms with E-state index in [-0.39, 0.29) is 18.6 Å². The molecule has 5 rings (SSSR count). The molecule has 2 aromatic carbocycles. The molecule has 0 saturated carbocycles. The van der Waals surface area contributed by atoms with Gasteiger partial charge in [-0.25, -0.2) is 0 Å². The maximum absolute atomic E-state index is 13.4. The molecule has 2 aliphatic carbocycles. The van der Waals surface area contributed by atoms with Gasteiger partial charge in [-0.1, -0.05) is 72.8 Å². The molecule has 0 radical (unpaired) electrons. The van der Waals surface area contributed by atoms with Gasteiger partial charge in [-0.2, -0.15) is 0 Å². The summed E-state index contributed by atoms with van der Waals surface area (Å²) in [5.74, 6) is -2.22. The first-order valence-electron chi connectivity index (χ1n) is 11.4. The molecular formula is C27H27NO5. The molecule has 170 valence electrons. The number of allylic oxidation sites excluding steroid dienone is 2. The molecule has 33 heavy (non-hydrogen) atoms. The fraction of sp³-hybridized carbons (Fsp3) is 0.333. The lowest BCUT2D eigenvalue weighted by molar-refractivity contribution is -0.173. The molecule has 1 saturated heterocycles. The van der Waals surface area contributed by atoms with Crippen molar-refractivity contribution in [1.82, 2.24) is 5.32 Å². The first kappa shape index (κ1) is 21.6. The van der Waals surface area contributed by atoms with Crippen LogP contribution in [0.1, 0.15) is 29.9 Å². The van der Waals surface area contributed by atoms with E-state index in [4.69, 9.17) is 9.47 Å². The Morgan fingerprint density at radius 1 is 1.00 bits per heavy atom. The smallest absolute Gasteiger partial charge is 0.330 e. The van der Waals surface area contributed by atoms with Crippen molar-refractivity contribution in [2.45, 2.75) is 30.9 Å². The van der Waals surface area contributed by atoms with Crippen LogP contribution in [0.2, 0.25) is 0 Å². The van der Waals surface area contributed by atoms with Crippen LogP contribution < -0.4 is 5.32 Å². The van der Waals surface area contributed by atoms with Gasteiger partial charge in [0, 0.05) is 12.0 Å². The van der Waals surface area contributed by atoms with Gasteiger partial charge in [0.2, 0.25) is 5.41 Å². The molecule has 6 heteroatoms. The van der Waals surface area contributed by atoms with Gasteiger partial charge in [-0.3, -0.25) is 9.59 Å². The van der Waals surface area contributed by atoms with E-state index in [0.29, 0.717) is 6.61 Å². The number of fused-ring (bicyclic) bond motifs is 3. The second kappa shape index (κ2) is 8.96. The molecule has 2 N–H and O–H groups in total. The number of ether oxygens (including phenoxy) is 2. The van der Waals surface area contributed by atoms with E-state index in [1.165, 1.54) is 6.08 Å². The summed E-state index contributed by atoms with van der Waals surface area (Å²) in [6.45, 7) is 1.33. The number of rotatable bonds is 7. The van der Waals surface area contributed by atoms with Crippen molar-refractivity contribution < 1.29 is 24.2 Å². The van der Waals surface area contributed by atoms with Crippen LogP contribution in [0.3, 0.4) is 0 Å². The number of hydrogen-bond acceptors (Lipinski definition) is 5. The van der Waals surface area contributed by atoms with Gasteiger partial charge >= 0.3 is 11.9 Å². The van der Waals surface area contributed by atoms with Gasteiger partial charge in [0.05, 0.1) is 6.61 Å². The minimum absolute atomic E-state index is 0.0658. The lowest BCUT2D eigenvalue weighted by Gasteiger charge is -2.33. The van der Waals surface area contributed by atoms with E-state index in [0.717, 1.165) is 41.6 Å². The molecule has 0 bridgehead atoms. The van der Waals surface area contributed by atoms with Crippen molar-refractivity contribution in [3.63, 3.8) is 0 Å². The number of nitrogens with one attached hydrogen (secondary N) is 1. The Balaban J connectivity index is 1.36. The first-order valence-corrected chi connectivity index (χ1v) is 11.4. The third-order valence-electron chi connectivity index (χ3n) is 6.88. The van der Waals surface area contributed by atoms with Crippen LogP contribution in [-0.2, 0) is 19.1 Å². The fourth-order valence-electron chi connectivity index (χ4n) is 5.11. The second-order valence-corrected chi connectivity index (χ2v) is 8.79. The number of carboxylic acids is 1. The molecule has 1 aliphatic heterocycles. The molecule has 6 nitrogen and oxygen atoms in total. The molecule has 1 fully saturated rings. The number of esters is 1. The van der Waals surface area contributed by atoms with E-state index in [1.54, 1.807) is 18.2 Å². The monoisotopic (exact) mass is 445 g/mol. The van der Waals surface area contributed by atoms with Crippen molar-refractivity contribution in [3.05, 3.63) is 84.0 Å². The summed E-state index contributed by atoms with van der Waals surface area (Å²) in [5, 5.41) is 13.5. The molecule has 3 atom stereocenters. The highest BCUT2D eigenvalue weighted by Gasteiger charge is 2.53. The zero-order valence-electron chi connectivity index (χ0n) is 18.3.